The van der Waals surface area contributed by atoms with E-state index in [-0.39, 0.29) is 60.8 Å². The number of carbonyl (C=O) groups excluding carboxylic acids is 4. The summed E-state index contributed by atoms with van der Waals surface area (Å²) >= 11 is 0. The maximum absolute atomic E-state index is 13.4. The fourth-order valence-electron chi connectivity index (χ4n) is 7.71. The minimum atomic E-state index is -1.96. The molecule has 55 heavy (non-hydrogen) atoms. The highest BCUT2D eigenvalue weighted by Crippen LogP contribution is 2.42. The molecule has 0 radical (unpaired) electrons. The first kappa shape index (κ1) is 45.5. The highest BCUT2D eigenvalue weighted by molar-refractivity contribution is 6.04. The molecule has 3 rings (SSSR count). The predicted molar refractivity (Wildman–Crippen MR) is 208 cm³/mol. The number of nitrogens with one attached hydrogen (secondary N) is 1. The average molecular weight is 770 g/mol. The number of ether oxygens (including phenoxy) is 3. The molecule has 0 bridgehead atoms. The summed E-state index contributed by atoms with van der Waals surface area (Å²) in [7, 11) is 0. The first-order valence-electron chi connectivity index (χ1n) is 19.5. The molecule has 0 aromatic rings. The number of ketones is 1. The van der Waals surface area contributed by atoms with Gasteiger partial charge in [-0.3, -0.25) is 9.59 Å². The lowest BCUT2D eigenvalue weighted by atomic mass is 9.76. The molecule has 306 valence electrons. The lowest BCUT2D eigenvalue weighted by Gasteiger charge is -2.50. The molecule has 0 saturated carbocycles. The molecule has 2 aliphatic heterocycles. The van der Waals surface area contributed by atoms with Crippen LogP contribution in [0, 0.1) is 35.5 Å². The summed E-state index contributed by atoms with van der Waals surface area (Å²) in [6, 6.07) is 0. The summed E-state index contributed by atoms with van der Waals surface area (Å²) in [6.45, 7) is 18.5. The third kappa shape index (κ3) is 12.3. The van der Waals surface area contributed by atoms with Crippen molar-refractivity contribution < 1.29 is 53.8 Å². The van der Waals surface area contributed by atoms with Gasteiger partial charge in [-0.25, -0.2) is 9.59 Å². The van der Waals surface area contributed by atoms with Gasteiger partial charge in [-0.05, 0) is 45.1 Å². The third-order valence-corrected chi connectivity index (χ3v) is 11.2. The van der Waals surface area contributed by atoms with Gasteiger partial charge in [0.05, 0.1) is 18.3 Å². The third-order valence-electron chi connectivity index (χ3n) is 11.2. The summed E-state index contributed by atoms with van der Waals surface area (Å²) in [4.78, 5) is 50.6. The molecule has 0 spiro atoms. The predicted octanol–water partition coefficient (Wildman–Crippen LogP) is 5.84. The summed E-state index contributed by atoms with van der Waals surface area (Å²) in [5.41, 5.74) is 2.05. The Morgan fingerprint density at radius 3 is 2.35 bits per heavy atom. The quantitative estimate of drug-likeness (QED) is 0.140. The van der Waals surface area contributed by atoms with Gasteiger partial charge in [0.15, 0.2) is 11.6 Å². The van der Waals surface area contributed by atoms with E-state index in [1.807, 2.05) is 72.8 Å². The Bertz CT molecular complexity index is 1600. The second-order valence-electron chi connectivity index (χ2n) is 16.3. The average Bonchev–Trinajstić information content (AvgIpc) is 3.43. The van der Waals surface area contributed by atoms with Gasteiger partial charge in [0.1, 0.15) is 23.7 Å². The van der Waals surface area contributed by atoms with Crippen LogP contribution in [0.4, 0.5) is 0 Å². The van der Waals surface area contributed by atoms with Crippen LogP contribution in [0.15, 0.2) is 70.7 Å². The molecule has 12 nitrogen and oxygen atoms in total. The first-order chi connectivity index (χ1) is 25.6. The molecule has 1 aliphatic carbocycles. The molecule has 1 fully saturated rings. The van der Waals surface area contributed by atoms with Crippen LogP contribution in [0.2, 0.25) is 0 Å². The molecule has 1 saturated heterocycles. The summed E-state index contributed by atoms with van der Waals surface area (Å²) in [5.74, 6) is -7.03. The lowest BCUT2D eigenvalue weighted by Crippen LogP contribution is -2.59. The van der Waals surface area contributed by atoms with Crippen molar-refractivity contribution >= 4 is 23.6 Å². The van der Waals surface area contributed by atoms with E-state index in [1.54, 1.807) is 26.8 Å². The highest BCUT2D eigenvalue weighted by Gasteiger charge is 2.52. The Morgan fingerprint density at radius 1 is 1.05 bits per heavy atom. The van der Waals surface area contributed by atoms with Crippen LogP contribution in [0.5, 0.6) is 0 Å². The van der Waals surface area contributed by atoms with Crippen molar-refractivity contribution in [2.75, 3.05) is 0 Å². The van der Waals surface area contributed by atoms with Crippen LogP contribution in [-0.4, -0.2) is 80.4 Å². The van der Waals surface area contributed by atoms with Crippen molar-refractivity contribution in [3.05, 3.63) is 70.7 Å². The second kappa shape index (κ2) is 19.8. The van der Waals surface area contributed by atoms with Crippen molar-refractivity contribution in [2.45, 2.75) is 138 Å². The number of aliphatic hydroxyl groups excluding tert-OH is 3. The molecule has 12 heteroatoms. The maximum Gasteiger partial charge on any atom is 0.334 e. The number of cyclic esters (lactones) is 1. The van der Waals surface area contributed by atoms with E-state index >= 15 is 0 Å². The highest BCUT2D eigenvalue weighted by atomic mass is 16.6. The number of allylic oxidation sites excluding steroid dienone is 7. The Hall–Kier alpha value is -3.84. The van der Waals surface area contributed by atoms with Crippen molar-refractivity contribution in [1.82, 2.24) is 5.32 Å². The molecule has 2 heterocycles. The molecule has 1 amide bonds. The van der Waals surface area contributed by atoms with Gasteiger partial charge < -0.3 is 40.0 Å². The minimum absolute atomic E-state index is 0.0110. The number of rotatable bonds is 9. The summed E-state index contributed by atoms with van der Waals surface area (Å²) in [5, 5.41) is 47.0. The number of esters is 2. The molecule has 0 aromatic carbocycles. The summed E-state index contributed by atoms with van der Waals surface area (Å²) < 4.78 is 18.1. The SMILES string of the molecule is CC1=C\C(C)C(O)C(C)C/C(C)=C/C=C\CC(C(C)C(O)C(C)C2(O)CC(OC(=O)/C=C/C(=O)NC3=C(O)CCC3=O)C(C)C(C(C)C)O2)OC(=O)\C(C)=C\1. The Morgan fingerprint density at radius 2 is 1.73 bits per heavy atom. The van der Waals surface area contributed by atoms with Gasteiger partial charge in [0.25, 0.3) is 0 Å². The van der Waals surface area contributed by atoms with Crippen LogP contribution in [0.1, 0.15) is 101 Å². The standard InChI is InChI=1S/C43H63NO11/c1-23(2)41-30(9)35(53-37(48)18-17-36(47)44-38-32(45)15-16-33(38)46)22-43(52,55-41)31(10)40(50)29(8)34-14-12-11-13-24(3)19-26(5)39(49)27(6)20-25(4)21-28(7)42(51)54-34/h11-13,17-18,20-21,23,26-27,29-31,34-35,39-41,45,49-50,52H,14-16,19,22H2,1-10H3,(H,44,47)/b12-11-,18-17+,24-13+,25-20+,28-21+. The zero-order chi connectivity index (χ0) is 41.4. The Kier molecular flexibility index (Phi) is 16.4. The molecular formula is C43H63NO11. The van der Waals surface area contributed by atoms with Crippen LogP contribution in [0.3, 0.4) is 0 Å². The van der Waals surface area contributed by atoms with Gasteiger partial charge in [0.2, 0.25) is 5.91 Å². The topological polar surface area (TPSA) is 189 Å². The molecule has 0 aromatic heterocycles. The lowest BCUT2D eigenvalue weighted by molar-refractivity contribution is -0.328. The van der Waals surface area contributed by atoms with Crippen LogP contribution >= 0.6 is 0 Å². The van der Waals surface area contributed by atoms with Gasteiger partial charge in [-0.15, -0.1) is 0 Å². The molecule has 3 aliphatic rings. The number of aliphatic hydroxyl groups is 4. The van der Waals surface area contributed by atoms with Crippen LogP contribution in [0.25, 0.3) is 0 Å². The van der Waals surface area contributed by atoms with Crippen molar-refractivity contribution in [3.63, 3.8) is 0 Å². The molecular weight excluding hydrogens is 706 g/mol. The van der Waals surface area contributed by atoms with Crippen molar-refractivity contribution in [1.29, 1.82) is 0 Å². The minimum Gasteiger partial charge on any atom is -0.510 e. The number of Topliss-reactive ketones (excluding diaryl/α,β-unsaturated/α-hetero) is 1. The van der Waals surface area contributed by atoms with E-state index in [0.29, 0.717) is 12.0 Å². The van der Waals surface area contributed by atoms with Gasteiger partial charge in [-0.2, -0.15) is 0 Å². The van der Waals surface area contributed by atoms with Gasteiger partial charge >= 0.3 is 11.9 Å². The fourth-order valence-corrected chi connectivity index (χ4v) is 7.71. The van der Waals surface area contributed by atoms with Crippen LogP contribution < -0.4 is 5.32 Å². The second-order valence-corrected chi connectivity index (χ2v) is 16.3. The Labute approximate surface area is 326 Å². The normalized spacial score (nSPS) is 35.5. The number of amides is 1. The monoisotopic (exact) mass is 769 g/mol. The van der Waals surface area contributed by atoms with Crippen molar-refractivity contribution in [3.8, 4) is 0 Å². The molecule has 11 unspecified atom stereocenters. The van der Waals surface area contributed by atoms with Crippen molar-refractivity contribution in [2.24, 2.45) is 35.5 Å². The summed E-state index contributed by atoms with van der Waals surface area (Å²) in [6.07, 6.45) is 8.14. The van der Waals surface area contributed by atoms with E-state index < -0.39 is 71.8 Å². The van der Waals surface area contributed by atoms with E-state index in [0.717, 1.165) is 23.3 Å². The largest absolute Gasteiger partial charge is 0.510 e. The Balaban J connectivity index is 1.83. The van der Waals surface area contributed by atoms with Gasteiger partial charge in [0, 0.05) is 67.1 Å². The van der Waals surface area contributed by atoms with Crippen LogP contribution in [-0.2, 0) is 33.4 Å². The maximum atomic E-state index is 13.4. The smallest absolute Gasteiger partial charge is 0.334 e. The molecule has 11 atom stereocenters. The van der Waals surface area contributed by atoms with E-state index in [9.17, 15) is 39.6 Å². The zero-order valence-electron chi connectivity index (χ0n) is 34.1. The number of hydrogen-bond donors (Lipinski definition) is 5. The number of hydrogen-bond acceptors (Lipinski definition) is 11. The zero-order valence-corrected chi connectivity index (χ0v) is 34.1. The van der Waals surface area contributed by atoms with E-state index in [4.69, 9.17) is 14.2 Å². The van der Waals surface area contributed by atoms with E-state index in [2.05, 4.69) is 5.32 Å². The van der Waals surface area contributed by atoms with Gasteiger partial charge in [-0.1, -0.05) is 83.9 Å². The van der Waals surface area contributed by atoms with E-state index in [1.165, 1.54) is 0 Å². The number of carbonyl (C=O) groups is 4. The fraction of sp³-hybridized carbons (Fsp3) is 0.628. The molecule has 5 N–H and O–H groups in total. The first-order valence-corrected chi connectivity index (χ1v) is 19.5.